The summed E-state index contributed by atoms with van der Waals surface area (Å²) in [6, 6.07) is 18.9. The number of carbonyl (C=O) groups excluding carboxylic acids is 4. The van der Waals surface area contributed by atoms with Gasteiger partial charge in [-0.1, -0.05) is 60.4 Å². The third-order valence-electron chi connectivity index (χ3n) is 4.50. The summed E-state index contributed by atoms with van der Waals surface area (Å²) in [5, 5.41) is 0. The second-order valence-electron chi connectivity index (χ2n) is 6.20. The summed E-state index contributed by atoms with van der Waals surface area (Å²) in [6.45, 7) is 0. The van der Waals surface area contributed by atoms with Gasteiger partial charge in [-0.05, 0) is 24.3 Å². The molecule has 0 amide bonds. The maximum absolute atomic E-state index is 12.9. The van der Waals surface area contributed by atoms with Gasteiger partial charge in [0.1, 0.15) is 0 Å². The first-order valence-electron chi connectivity index (χ1n) is 8.55. The molecular formula is C24H12O4. The van der Waals surface area contributed by atoms with Crippen LogP contribution >= 0.6 is 0 Å². The molecule has 0 saturated carbocycles. The highest BCUT2D eigenvalue weighted by molar-refractivity contribution is 6.55. The number of fused-ring (bicyclic) bond motifs is 3. The van der Waals surface area contributed by atoms with Crippen LogP contribution in [0, 0.1) is 11.8 Å². The Balaban J connectivity index is 2.05. The number of hydrogen-bond acceptors (Lipinski definition) is 4. The number of Topliss-reactive ketones (excluding diaryl/α,β-unsaturated/α-hetero) is 4. The van der Waals surface area contributed by atoms with Crippen molar-refractivity contribution in [1.29, 1.82) is 0 Å². The second-order valence-corrected chi connectivity index (χ2v) is 6.20. The topological polar surface area (TPSA) is 68.3 Å². The first kappa shape index (κ1) is 17.3. The Kier molecular flexibility index (Phi) is 4.27. The van der Waals surface area contributed by atoms with Crippen LogP contribution in [0.5, 0.6) is 0 Å². The molecule has 3 aromatic rings. The molecular weight excluding hydrogens is 352 g/mol. The van der Waals surface area contributed by atoms with Gasteiger partial charge in [0, 0.05) is 33.4 Å². The molecule has 0 aliphatic heterocycles. The van der Waals surface area contributed by atoms with E-state index in [-0.39, 0.29) is 22.3 Å². The van der Waals surface area contributed by atoms with Gasteiger partial charge in [-0.25, -0.2) is 0 Å². The van der Waals surface area contributed by atoms with Gasteiger partial charge >= 0.3 is 0 Å². The van der Waals surface area contributed by atoms with Crippen LogP contribution in [-0.2, 0) is 0 Å². The number of rotatable bonds is 0. The minimum absolute atomic E-state index is 0.0910. The Hall–Kier alpha value is -4.10. The van der Waals surface area contributed by atoms with Crippen LogP contribution in [0.15, 0.2) is 72.8 Å². The van der Waals surface area contributed by atoms with E-state index in [0.29, 0.717) is 11.1 Å². The summed E-state index contributed by atoms with van der Waals surface area (Å²) in [7, 11) is 0. The van der Waals surface area contributed by atoms with Gasteiger partial charge in [-0.15, -0.1) is 0 Å². The number of carbonyl (C=O) groups is 4. The molecule has 0 saturated heterocycles. The molecule has 0 bridgehead atoms. The molecule has 3 aromatic carbocycles. The van der Waals surface area contributed by atoms with E-state index in [1.165, 1.54) is 24.3 Å². The molecule has 0 fully saturated rings. The fourth-order valence-electron chi connectivity index (χ4n) is 3.08. The molecule has 0 atom stereocenters. The number of ketones is 4. The summed E-state index contributed by atoms with van der Waals surface area (Å²) >= 11 is 0. The summed E-state index contributed by atoms with van der Waals surface area (Å²) in [5.74, 6) is 2.48. The van der Waals surface area contributed by atoms with Crippen molar-refractivity contribution in [2.45, 2.75) is 0 Å². The molecule has 0 radical (unpaired) electrons. The molecule has 28 heavy (non-hydrogen) atoms. The Morgan fingerprint density at radius 3 is 1.07 bits per heavy atom. The fourth-order valence-corrected chi connectivity index (χ4v) is 3.08. The van der Waals surface area contributed by atoms with Gasteiger partial charge in [-0.2, -0.15) is 0 Å². The molecule has 0 unspecified atom stereocenters. The normalized spacial score (nSPS) is 13.3. The summed E-state index contributed by atoms with van der Waals surface area (Å²) < 4.78 is 0. The van der Waals surface area contributed by atoms with Crippen molar-refractivity contribution < 1.29 is 19.2 Å². The number of hydrogen-bond donors (Lipinski definition) is 0. The zero-order valence-corrected chi connectivity index (χ0v) is 14.6. The van der Waals surface area contributed by atoms with Crippen LogP contribution in [0.1, 0.15) is 52.6 Å². The lowest BCUT2D eigenvalue weighted by Crippen LogP contribution is -2.23. The van der Waals surface area contributed by atoms with Gasteiger partial charge in [0.05, 0.1) is 0 Å². The van der Waals surface area contributed by atoms with Gasteiger partial charge in [0.15, 0.2) is 0 Å². The quantitative estimate of drug-likeness (QED) is 0.452. The predicted octanol–water partition coefficient (Wildman–Crippen LogP) is 3.53. The monoisotopic (exact) mass is 364 g/mol. The highest BCUT2D eigenvalue weighted by atomic mass is 16.2. The highest BCUT2D eigenvalue weighted by Gasteiger charge is 2.29. The minimum Gasteiger partial charge on any atom is -0.285 e. The van der Waals surface area contributed by atoms with E-state index in [4.69, 9.17) is 0 Å². The lowest BCUT2D eigenvalue weighted by molar-refractivity contribution is 0.0800. The van der Waals surface area contributed by atoms with Crippen LogP contribution in [0.4, 0.5) is 0 Å². The zero-order valence-electron chi connectivity index (χ0n) is 14.6. The van der Waals surface area contributed by atoms with Crippen molar-refractivity contribution in [3.05, 3.63) is 106 Å². The summed E-state index contributed by atoms with van der Waals surface area (Å²) in [4.78, 5) is 51.4. The van der Waals surface area contributed by atoms with Crippen molar-refractivity contribution >= 4 is 23.1 Å². The van der Waals surface area contributed by atoms with Gasteiger partial charge < -0.3 is 0 Å². The smallest absolute Gasteiger partial charge is 0.234 e. The first-order valence-corrected chi connectivity index (χ1v) is 8.55. The van der Waals surface area contributed by atoms with Crippen molar-refractivity contribution in [1.82, 2.24) is 0 Å². The van der Waals surface area contributed by atoms with Gasteiger partial charge in [-0.3, -0.25) is 19.2 Å². The Morgan fingerprint density at radius 2 is 0.679 bits per heavy atom. The predicted molar refractivity (Wildman–Crippen MR) is 103 cm³/mol. The second kappa shape index (κ2) is 6.90. The van der Waals surface area contributed by atoms with Crippen molar-refractivity contribution in [2.75, 3.05) is 0 Å². The Morgan fingerprint density at radius 1 is 0.393 bits per heavy atom. The van der Waals surface area contributed by atoms with E-state index >= 15 is 0 Å². The van der Waals surface area contributed by atoms with Gasteiger partial charge in [0.2, 0.25) is 23.1 Å². The Bertz CT molecular complexity index is 1140. The van der Waals surface area contributed by atoms with Crippen LogP contribution in [-0.4, -0.2) is 23.1 Å². The molecule has 1 aliphatic rings. The number of benzene rings is 3. The SMILES string of the molecule is O=C1C(=O)c2ccccc2C(=O)C(=O)c2ccccc2C#Cc2ccccc21. The lowest BCUT2D eigenvalue weighted by Gasteiger charge is -2.10. The standard InChI is InChI=1S/C24H12O4/c25-21-17-9-3-1-7-15(17)13-14-16-8-2-4-10-18(16)22(26)24(28)20-12-6-5-11-19(20)23(21)27/h1-12H. The zero-order chi connectivity index (χ0) is 19.7. The largest absolute Gasteiger partial charge is 0.285 e. The third kappa shape index (κ3) is 2.85. The molecule has 0 spiro atoms. The van der Waals surface area contributed by atoms with E-state index in [9.17, 15) is 19.2 Å². The molecule has 0 N–H and O–H groups in total. The molecule has 4 heteroatoms. The van der Waals surface area contributed by atoms with Crippen LogP contribution in [0.2, 0.25) is 0 Å². The molecule has 4 rings (SSSR count). The van der Waals surface area contributed by atoms with Crippen LogP contribution in [0.25, 0.3) is 0 Å². The molecule has 0 aromatic heterocycles. The average molecular weight is 364 g/mol. The lowest BCUT2D eigenvalue weighted by atomic mass is 9.89. The Labute approximate surface area is 160 Å². The van der Waals surface area contributed by atoms with Crippen molar-refractivity contribution in [3.8, 4) is 11.8 Å². The average Bonchev–Trinajstić information content (AvgIpc) is 2.75. The maximum atomic E-state index is 12.9. The third-order valence-corrected chi connectivity index (χ3v) is 4.50. The minimum atomic E-state index is -0.847. The highest BCUT2D eigenvalue weighted by Crippen LogP contribution is 2.20. The maximum Gasteiger partial charge on any atom is 0.234 e. The first-order chi connectivity index (χ1) is 13.6. The molecule has 132 valence electrons. The van der Waals surface area contributed by atoms with Crippen molar-refractivity contribution in [3.63, 3.8) is 0 Å². The molecule has 0 heterocycles. The van der Waals surface area contributed by atoms with E-state index in [1.807, 2.05) is 0 Å². The van der Waals surface area contributed by atoms with Crippen LogP contribution in [0.3, 0.4) is 0 Å². The van der Waals surface area contributed by atoms with Crippen molar-refractivity contribution in [2.24, 2.45) is 0 Å². The fraction of sp³-hybridized carbons (Fsp3) is 0. The molecule has 4 nitrogen and oxygen atoms in total. The van der Waals surface area contributed by atoms with E-state index in [1.54, 1.807) is 48.5 Å². The van der Waals surface area contributed by atoms with Crippen LogP contribution < -0.4 is 0 Å². The molecule has 1 aliphatic carbocycles. The van der Waals surface area contributed by atoms with E-state index in [0.717, 1.165) is 0 Å². The van der Waals surface area contributed by atoms with E-state index in [2.05, 4.69) is 11.8 Å². The summed E-state index contributed by atoms with van der Waals surface area (Å²) in [6.07, 6.45) is 0. The van der Waals surface area contributed by atoms with Gasteiger partial charge in [0.25, 0.3) is 0 Å². The summed E-state index contributed by atoms with van der Waals surface area (Å²) in [5.41, 5.74) is 0.900. The van der Waals surface area contributed by atoms with E-state index < -0.39 is 23.1 Å².